The third-order valence-corrected chi connectivity index (χ3v) is 8.45. The van der Waals surface area contributed by atoms with Crippen LogP contribution in [0.15, 0.2) is 12.2 Å². The van der Waals surface area contributed by atoms with Gasteiger partial charge in [0.05, 0.1) is 0 Å². The van der Waals surface area contributed by atoms with Crippen LogP contribution in [0.1, 0.15) is 46.5 Å². The number of hydrogen-bond acceptors (Lipinski definition) is 2. The van der Waals surface area contributed by atoms with Gasteiger partial charge >= 0.3 is 5.97 Å². The molecule has 0 heterocycles. The molecule has 0 spiro atoms. The third kappa shape index (κ3) is 6.35. The van der Waals surface area contributed by atoms with Crippen molar-refractivity contribution in [3.63, 3.8) is 0 Å². The Labute approximate surface area is 112 Å². The highest BCUT2D eigenvalue weighted by molar-refractivity contribution is 6.73. The number of carbonyl (C=O) groups is 1. The maximum absolute atomic E-state index is 10.5. The smallest absolute Gasteiger partial charge is 0.330 e. The van der Waals surface area contributed by atoms with E-state index in [0.717, 1.165) is 25.9 Å². The van der Waals surface area contributed by atoms with Crippen LogP contribution in [0.5, 0.6) is 0 Å². The van der Waals surface area contributed by atoms with Gasteiger partial charge in [-0.05, 0) is 37.4 Å². The lowest BCUT2D eigenvalue weighted by Gasteiger charge is -2.27. The van der Waals surface area contributed by atoms with E-state index in [9.17, 15) is 4.79 Å². The fourth-order valence-corrected chi connectivity index (χ4v) is 4.76. The molecule has 0 fully saturated rings. The fourth-order valence-electron chi connectivity index (χ4n) is 2.07. The molecule has 18 heavy (non-hydrogen) atoms. The second-order valence-corrected chi connectivity index (χ2v) is 9.59. The second kappa shape index (κ2) is 9.33. The molecule has 0 aromatic heterocycles. The molecule has 0 aromatic rings. The number of carboxylic acid groups (broad SMARTS) is 1. The van der Waals surface area contributed by atoms with Gasteiger partial charge in [-0.3, -0.25) is 0 Å². The molecule has 0 radical (unpaired) electrons. The normalized spacial score (nSPS) is 11.5. The maximum Gasteiger partial charge on any atom is 0.330 e. The molecular weight excluding hydrogens is 244 g/mol. The van der Waals surface area contributed by atoms with E-state index < -0.39 is 14.3 Å². The topological polar surface area (TPSA) is 46.5 Å². The monoisotopic (exact) mass is 272 g/mol. The fraction of sp³-hybridized carbons (Fsp3) is 0.786. The van der Waals surface area contributed by atoms with E-state index in [0.29, 0.717) is 12.0 Å². The first-order chi connectivity index (χ1) is 8.51. The molecule has 4 heteroatoms. The van der Waals surface area contributed by atoms with E-state index in [1.807, 2.05) is 0 Å². The maximum atomic E-state index is 10.5. The van der Waals surface area contributed by atoms with E-state index in [-0.39, 0.29) is 0 Å². The molecule has 1 N–H and O–H groups in total. The lowest BCUT2D eigenvalue weighted by atomic mass is 10.1. The third-order valence-electron chi connectivity index (χ3n) is 3.77. The largest absolute Gasteiger partial charge is 0.478 e. The molecule has 0 unspecified atom stereocenters. The van der Waals surface area contributed by atoms with Crippen LogP contribution < -0.4 is 0 Å². The Morgan fingerprint density at radius 3 is 2.11 bits per heavy atom. The Morgan fingerprint density at radius 2 is 1.67 bits per heavy atom. The van der Waals surface area contributed by atoms with Crippen LogP contribution in [0, 0.1) is 0 Å². The minimum atomic E-state index is -1.43. The first-order valence-electron chi connectivity index (χ1n) is 7.06. The highest BCUT2D eigenvalue weighted by atomic mass is 28.4. The molecular formula is C14H28O3Si. The van der Waals surface area contributed by atoms with Gasteiger partial charge in [-0.2, -0.15) is 0 Å². The van der Waals surface area contributed by atoms with E-state index in [1.165, 1.54) is 18.1 Å². The van der Waals surface area contributed by atoms with Gasteiger partial charge in [0.1, 0.15) is 0 Å². The molecule has 0 bridgehead atoms. The number of rotatable bonds is 11. The molecule has 0 aliphatic heterocycles. The first-order valence-corrected chi connectivity index (χ1v) is 9.59. The van der Waals surface area contributed by atoms with Crippen LogP contribution in [0.4, 0.5) is 0 Å². The summed E-state index contributed by atoms with van der Waals surface area (Å²) in [7, 11) is -1.43. The van der Waals surface area contributed by atoms with Gasteiger partial charge in [0.15, 0.2) is 8.32 Å². The SMILES string of the molecule is C=C(CCCCCO[Si](CC)(CC)CC)C(=O)O. The van der Waals surface area contributed by atoms with E-state index in [2.05, 4.69) is 27.4 Å². The van der Waals surface area contributed by atoms with Crippen LogP contribution in [0.3, 0.4) is 0 Å². The van der Waals surface area contributed by atoms with Crippen molar-refractivity contribution in [3.05, 3.63) is 12.2 Å². The molecule has 0 amide bonds. The van der Waals surface area contributed by atoms with Crippen LogP contribution in [0.2, 0.25) is 18.1 Å². The minimum absolute atomic E-state index is 0.315. The standard InChI is InChI=1S/C14H28O3Si/c1-5-18(6-2,7-3)17-12-10-8-9-11-13(4)14(15)16/h4-12H2,1-3H3,(H,15,16). The van der Waals surface area contributed by atoms with Crippen molar-refractivity contribution in [2.45, 2.75) is 64.6 Å². The van der Waals surface area contributed by atoms with Crippen LogP contribution in [-0.2, 0) is 9.22 Å². The summed E-state index contributed by atoms with van der Waals surface area (Å²) >= 11 is 0. The summed E-state index contributed by atoms with van der Waals surface area (Å²) in [6.45, 7) is 11.1. The second-order valence-electron chi connectivity index (χ2n) is 4.81. The van der Waals surface area contributed by atoms with Gasteiger partial charge in [-0.25, -0.2) is 4.79 Å². The molecule has 0 aliphatic rings. The Kier molecular flexibility index (Phi) is 9.02. The molecule has 0 atom stereocenters. The number of unbranched alkanes of at least 4 members (excludes halogenated alkanes) is 2. The number of carboxylic acids is 1. The summed E-state index contributed by atoms with van der Waals surface area (Å²) in [5.74, 6) is -0.874. The van der Waals surface area contributed by atoms with Gasteiger partial charge in [-0.1, -0.05) is 33.8 Å². The van der Waals surface area contributed by atoms with Gasteiger partial charge in [0, 0.05) is 12.2 Å². The Balaban J connectivity index is 3.67. The lowest BCUT2D eigenvalue weighted by Crippen LogP contribution is -2.36. The Bertz CT molecular complexity index is 252. The predicted octanol–water partition coefficient (Wildman–Crippen LogP) is 4.21. The molecule has 3 nitrogen and oxygen atoms in total. The van der Waals surface area contributed by atoms with Crippen molar-refractivity contribution < 1.29 is 14.3 Å². The molecule has 0 saturated heterocycles. The average Bonchev–Trinajstić information content (AvgIpc) is 2.38. The zero-order chi connectivity index (χ0) is 14.0. The first kappa shape index (κ1) is 17.4. The van der Waals surface area contributed by atoms with E-state index in [1.54, 1.807) is 0 Å². The zero-order valence-electron chi connectivity index (χ0n) is 12.1. The molecule has 0 aliphatic carbocycles. The molecule has 0 rings (SSSR count). The Hall–Kier alpha value is -0.613. The summed E-state index contributed by atoms with van der Waals surface area (Å²) in [4.78, 5) is 10.5. The van der Waals surface area contributed by atoms with Gasteiger partial charge in [-0.15, -0.1) is 0 Å². The number of aliphatic carboxylic acids is 1. The van der Waals surface area contributed by atoms with Crippen molar-refractivity contribution in [2.75, 3.05) is 6.61 Å². The Morgan fingerprint density at radius 1 is 1.11 bits per heavy atom. The van der Waals surface area contributed by atoms with Crippen molar-refractivity contribution >= 4 is 14.3 Å². The highest BCUT2D eigenvalue weighted by Crippen LogP contribution is 2.22. The predicted molar refractivity (Wildman–Crippen MR) is 78.4 cm³/mol. The van der Waals surface area contributed by atoms with Crippen LogP contribution >= 0.6 is 0 Å². The summed E-state index contributed by atoms with van der Waals surface area (Å²) < 4.78 is 6.13. The molecule has 0 aromatic carbocycles. The van der Waals surface area contributed by atoms with E-state index in [4.69, 9.17) is 9.53 Å². The van der Waals surface area contributed by atoms with Crippen LogP contribution in [-0.4, -0.2) is 26.0 Å². The minimum Gasteiger partial charge on any atom is -0.478 e. The average molecular weight is 272 g/mol. The summed E-state index contributed by atoms with van der Waals surface area (Å²) in [5.41, 5.74) is 0.315. The highest BCUT2D eigenvalue weighted by Gasteiger charge is 2.27. The van der Waals surface area contributed by atoms with Crippen molar-refractivity contribution in [2.24, 2.45) is 0 Å². The summed E-state index contributed by atoms with van der Waals surface area (Å²) in [6, 6.07) is 3.57. The molecule has 0 saturated carbocycles. The molecule has 106 valence electrons. The number of hydrogen-bond donors (Lipinski definition) is 1. The van der Waals surface area contributed by atoms with Crippen molar-refractivity contribution in [1.29, 1.82) is 0 Å². The summed E-state index contributed by atoms with van der Waals surface area (Å²) in [5, 5.41) is 8.67. The summed E-state index contributed by atoms with van der Waals surface area (Å²) in [6.07, 6.45) is 3.54. The van der Waals surface area contributed by atoms with Crippen LogP contribution in [0.25, 0.3) is 0 Å². The van der Waals surface area contributed by atoms with Gasteiger partial charge in [0.25, 0.3) is 0 Å². The van der Waals surface area contributed by atoms with Gasteiger partial charge in [0.2, 0.25) is 0 Å². The van der Waals surface area contributed by atoms with Crippen molar-refractivity contribution in [1.82, 2.24) is 0 Å². The lowest BCUT2D eigenvalue weighted by molar-refractivity contribution is -0.132. The van der Waals surface area contributed by atoms with Crippen molar-refractivity contribution in [3.8, 4) is 0 Å². The van der Waals surface area contributed by atoms with E-state index >= 15 is 0 Å². The zero-order valence-corrected chi connectivity index (χ0v) is 13.1. The van der Waals surface area contributed by atoms with Gasteiger partial charge < -0.3 is 9.53 Å². The quantitative estimate of drug-likeness (QED) is 0.348.